The van der Waals surface area contributed by atoms with Crippen LogP contribution in [0.3, 0.4) is 0 Å². The van der Waals surface area contributed by atoms with E-state index in [1.165, 1.54) is 0 Å². The smallest absolute Gasteiger partial charge is 0.407 e. The minimum atomic E-state index is -1.17. The van der Waals surface area contributed by atoms with Crippen LogP contribution in [0.1, 0.15) is 56.2 Å². The van der Waals surface area contributed by atoms with E-state index in [4.69, 9.17) is 4.98 Å². The molecule has 0 fully saturated rings. The van der Waals surface area contributed by atoms with Gasteiger partial charge in [0.2, 0.25) is 5.91 Å². The Morgan fingerprint density at radius 3 is 2.49 bits per heavy atom. The number of carboxylic acid groups (broad SMARTS) is 1. The molecule has 0 saturated heterocycles. The van der Waals surface area contributed by atoms with Gasteiger partial charge in [0.25, 0.3) is 0 Å². The zero-order valence-corrected chi connectivity index (χ0v) is 26.7. The molecule has 11 heteroatoms. The molecule has 0 spiro atoms. The van der Waals surface area contributed by atoms with Gasteiger partial charge in [-0.15, -0.1) is 0 Å². The number of hydrogen-bond donors (Lipinski definition) is 2. The van der Waals surface area contributed by atoms with Crippen molar-refractivity contribution in [2.75, 3.05) is 11.9 Å². The number of pyridine rings is 2. The van der Waals surface area contributed by atoms with E-state index >= 15 is 0 Å². The Morgan fingerprint density at radius 2 is 1.78 bits per heavy atom. The minimum absolute atomic E-state index is 0.181. The Kier molecular flexibility index (Phi) is 8.26. The summed E-state index contributed by atoms with van der Waals surface area (Å²) in [5.41, 5.74) is 5.28. The van der Waals surface area contributed by atoms with Gasteiger partial charge in [-0.05, 0) is 74.7 Å². The molecule has 45 heavy (non-hydrogen) atoms. The molecule has 0 radical (unpaired) electrons. The van der Waals surface area contributed by atoms with Crippen molar-refractivity contribution in [3.05, 3.63) is 71.1 Å². The second kappa shape index (κ2) is 12.0. The van der Waals surface area contributed by atoms with E-state index in [-0.39, 0.29) is 17.8 Å². The van der Waals surface area contributed by atoms with Gasteiger partial charge < -0.3 is 10.4 Å². The van der Waals surface area contributed by atoms with Gasteiger partial charge in [0.1, 0.15) is 40.1 Å². The lowest BCUT2D eigenvalue weighted by Gasteiger charge is -2.31. The van der Waals surface area contributed by atoms with E-state index in [1.807, 2.05) is 78.9 Å². The van der Waals surface area contributed by atoms with Crippen molar-refractivity contribution in [3.8, 4) is 23.1 Å². The van der Waals surface area contributed by atoms with Crippen LogP contribution < -0.4 is 5.32 Å². The summed E-state index contributed by atoms with van der Waals surface area (Å²) < 4.78 is 1.73. The van der Waals surface area contributed by atoms with Crippen LogP contribution in [0.5, 0.6) is 0 Å². The molecule has 1 unspecified atom stereocenters. The van der Waals surface area contributed by atoms with Gasteiger partial charge in [-0.3, -0.25) is 19.4 Å². The predicted molar refractivity (Wildman–Crippen MR) is 174 cm³/mol. The molecule has 1 atom stereocenters. The van der Waals surface area contributed by atoms with Crippen LogP contribution in [0.25, 0.3) is 33.1 Å². The number of fused-ring (bicyclic) bond motifs is 2. The number of rotatable bonds is 5. The molecular formula is C34H36N8O3. The molecular weight excluding hydrogens is 568 g/mol. The summed E-state index contributed by atoms with van der Waals surface area (Å²) in [7, 11) is 1.83. The average Bonchev–Trinajstić information content (AvgIpc) is 3.25. The number of aryl methyl sites for hydroxylation is 4. The molecule has 0 saturated carbocycles. The van der Waals surface area contributed by atoms with Crippen molar-refractivity contribution >= 4 is 39.6 Å². The molecule has 0 bridgehead atoms. The Hall–Kier alpha value is -5.37. The van der Waals surface area contributed by atoms with Crippen LogP contribution in [-0.4, -0.2) is 64.3 Å². The van der Waals surface area contributed by atoms with Crippen LogP contribution in [0.15, 0.2) is 42.6 Å². The van der Waals surface area contributed by atoms with Gasteiger partial charge >= 0.3 is 6.09 Å². The van der Waals surface area contributed by atoms with Gasteiger partial charge in [0.15, 0.2) is 0 Å². The lowest BCUT2D eigenvalue weighted by molar-refractivity contribution is -0.120. The molecule has 0 aliphatic carbocycles. The van der Waals surface area contributed by atoms with E-state index in [1.54, 1.807) is 23.9 Å². The number of aromatic nitrogens is 6. The summed E-state index contributed by atoms with van der Waals surface area (Å²) in [4.78, 5) is 44.9. The van der Waals surface area contributed by atoms with Crippen molar-refractivity contribution in [1.82, 2.24) is 34.6 Å². The maximum absolute atomic E-state index is 13.4. The summed E-state index contributed by atoms with van der Waals surface area (Å²) >= 11 is 0. The highest BCUT2D eigenvalue weighted by Gasteiger charge is 2.30. The van der Waals surface area contributed by atoms with E-state index < -0.39 is 18.0 Å². The quantitative estimate of drug-likeness (QED) is 0.245. The van der Waals surface area contributed by atoms with Crippen LogP contribution in [0.4, 0.5) is 10.6 Å². The third-order valence-electron chi connectivity index (χ3n) is 7.35. The molecule has 230 valence electrons. The fourth-order valence-electron chi connectivity index (χ4n) is 5.24. The van der Waals surface area contributed by atoms with Crippen LogP contribution >= 0.6 is 0 Å². The van der Waals surface area contributed by atoms with Crippen molar-refractivity contribution in [2.45, 2.75) is 54.5 Å². The first kappa shape index (κ1) is 31.1. The van der Waals surface area contributed by atoms with E-state index in [0.29, 0.717) is 22.8 Å². The maximum atomic E-state index is 13.4. The third kappa shape index (κ3) is 6.75. The number of carbonyl (C=O) groups is 2. The first-order valence-corrected chi connectivity index (χ1v) is 14.6. The van der Waals surface area contributed by atoms with Crippen molar-refractivity contribution in [2.24, 2.45) is 12.5 Å². The van der Waals surface area contributed by atoms with Crippen LogP contribution in [-0.2, 0) is 11.8 Å². The van der Waals surface area contributed by atoms with Crippen molar-refractivity contribution in [1.29, 1.82) is 0 Å². The van der Waals surface area contributed by atoms with Gasteiger partial charge in [-0.1, -0.05) is 32.8 Å². The lowest BCUT2D eigenvalue weighted by Crippen LogP contribution is -2.48. The van der Waals surface area contributed by atoms with E-state index in [9.17, 15) is 14.7 Å². The van der Waals surface area contributed by atoms with Gasteiger partial charge in [-0.25, -0.2) is 19.7 Å². The largest absolute Gasteiger partial charge is 0.465 e. The topological polar surface area (TPSA) is 139 Å². The summed E-state index contributed by atoms with van der Waals surface area (Å²) in [6.45, 7) is 13.2. The Morgan fingerprint density at radius 1 is 1.02 bits per heavy atom. The molecule has 0 aliphatic rings. The molecule has 4 aromatic heterocycles. The average molecular weight is 605 g/mol. The predicted octanol–water partition coefficient (Wildman–Crippen LogP) is 5.65. The number of nitrogens with zero attached hydrogens (tertiary/aromatic N) is 7. The number of amides is 2. The fourth-order valence-corrected chi connectivity index (χ4v) is 5.24. The zero-order chi connectivity index (χ0) is 32.6. The first-order valence-electron chi connectivity index (χ1n) is 14.6. The highest BCUT2D eigenvalue weighted by atomic mass is 16.4. The number of carbonyl (C=O) groups excluding carboxylic acids is 1. The first-order chi connectivity index (χ1) is 21.2. The Labute approximate surface area is 261 Å². The summed E-state index contributed by atoms with van der Waals surface area (Å²) in [5.74, 6) is 6.62. The van der Waals surface area contributed by atoms with Gasteiger partial charge in [0, 0.05) is 42.0 Å². The van der Waals surface area contributed by atoms with Crippen LogP contribution in [0.2, 0.25) is 0 Å². The highest BCUT2D eigenvalue weighted by molar-refractivity contribution is 5.97. The molecule has 0 aliphatic heterocycles. The molecule has 4 heterocycles. The molecule has 5 rings (SSSR count). The maximum Gasteiger partial charge on any atom is 0.407 e. The standard InChI is InChI=1S/C34H36N8O3/c1-19-27-12-10-23(15-24(27)13-14-35-19)9-11-26-16-25(30-31-29(36-22(4)37-30)20(2)40-41(31)8)17-28(38-26)39-32(43)21(3)42(33(44)45)18-34(5,6)7/h10,12-17,21H,18H2,1-8H3,(H,44,45)(H,38,39,43). The Balaban J connectivity index is 1.59. The second-order valence-electron chi connectivity index (χ2n) is 12.4. The number of benzene rings is 1. The third-order valence-corrected chi connectivity index (χ3v) is 7.35. The summed E-state index contributed by atoms with van der Waals surface area (Å²) in [6.07, 6.45) is 0.598. The summed E-state index contributed by atoms with van der Waals surface area (Å²) in [5, 5.41) is 19.3. The van der Waals surface area contributed by atoms with Crippen molar-refractivity contribution < 1.29 is 14.7 Å². The second-order valence-corrected chi connectivity index (χ2v) is 12.4. The van der Waals surface area contributed by atoms with Crippen molar-refractivity contribution in [3.63, 3.8) is 0 Å². The number of hydrogen-bond acceptors (Lipinski definition) is 7. The van der Waals surface area contributed by atoms with Crippen LogP contribution in [0, 0.1) is 38.0 Å². The monoisotopic (exact) mass is 604 g/mol. The number of anilines is 1. The zero-order valence-electron chi connectivity index (χ0n) is 26.7. The SMILES string of the molecule is Cc1nc(-c2cc(C#Cc3ccc4c(C)nccc4c3)nc(NC(=O)C(C)N(CC(C)(C)C)C(=O)O)c2)c2c(n1)c(C)nn2C. The number of nitrogens with one attached hydrogen (secondary N) is 1. The molecule has 2 amide bonds. The fraction of sp³-hybridized carbons (Fsp3) is 0.324. The molecule has 2 N–H and O–H groups in total. The Bertz CT molecular complexity index is 2030. The normalized spacial score (nSPS) is 12.1. The van der Waals surface area contributed by atoms with Gasteiger partial charge in [0.05, 0.1) is 5.69 Å². The minimum Gasteiger partial charge on any atom is -0.465 e. The summed E-state index contributed by atoms with van der Waals surface area (Å²) in [6, 6.07) is 10.4. The van der Waals surface area contributed by atoms with E-state index in [0.717, 1.165) is 43.7 Å². The molecule has 11 nitrogen and oxygen atoms in total. The van der Waals surface area contributed by atoms with E-state index in [2.05, 4.69) is 37.2 Å². The highest BCUT2D eigenvalue weighted by Crippen LogP contribution is 2.30. The lowest BCUT2D eigenvalue weighted by atomic mass is 9.95. The molecule has 1 aromatic carbocycles. The van der Waals surface area contributed by atoms with Gasteiger partial charge in [-0.2, -0.15) is 5.10 Å². The molecule has 5 aromatic rings.